The first-order valence-electron chi connectivity index (χ1n) is 5.95. The summed E-state index contributed by atoms with van der Waals surface area (Å²) in [5.74, 6) is 0. The van der Waals surface area contributed by atoms with Crippen molar-refractivity contribution in [3.8, 4) is 0 Å². The number of halogens is 1. The molecule has 3 N–H and O–H groups in total. The minimum Gasteiger partial charge on any atom is -0.326 e. The van der Waals surface area contributed by atoms with Crippen LogP contribution in [0.5, 0.6) is 0 Å². The molecular weight excluding hydrogens is 360 g/mol. The maximum Gasteiger partial charge on any atom is 0.241 e. The summed E-state index contributed by atoms with van der Waals surface area (Å²) in [6.07, 6.45) is 0. The number of nitrogens with one attached hydrogen (secondary N) is 1. The molecule has 0 radical (unpaired) electrons. The Labute approximate surface area is 131 Å². The molecule has 4 nitrogen and oxygen atoms in total. The van der Waals surface area contributed by atoms with E-state index in [1.54, 1.807) is 13.0 Å². The van der Waals surface area contributed by atoms with Crippen LogP contribution in [0.3, 0.4) is 0 Å². The first kappa shape index (κ1) is 15.7. The van der Waals surface area contributed by atoms with Gasteiger partial charge in [-0.05, 0) is 41.6 Å². The average molecular weight is 375 g/mol. The molecule has 20 heavy (non-hydrogen) atoms. The Bertz CT molecular complexity index is 697. The molecule has 0 spiro atoms. The standard InChI is InChI=1S/C13H15BrN2O2S2/c1-9-12(14)5-10(7-15)6-13(9)20(17,18)16-8-11-3-2-4-19-11/h2-6,16H,7-8,15H2,1H3. The van der Waals surface area contributed by atoms with Crippen LogP contribution in [0.15, 0.2) is 39.0 Å². The van der Waals surface area contributed by atoms with Gasteiger partial charge in [0, 0.05) is 22.4 Å². The van der Waals surface area contributed by atoms with Crippen LogP contribution < -0.4 is 10.5 Å². The van der Waals surface area contributed by atoms with Gasteiger partial charge in [-0.2, -0.15) is 0 Å². The Kier molecular flexibility index (Phi) is 4.98. The van der Waals surface area contributed by atoms with Crippen molar-refractivity contribution >= 4 is 37.3 Å². The summed E-state index contributed by atoms with van der Waals surface area (Å²) in [5, 5.41) is 1.92. The molecule has 1 aromatic heterocycles. The molecule has 0 amide bonds. The quantitative estimate of drug-likeness (QED) is 0.844. The smallest absolute Gasteiger partial charge is 0.241 e. The fourth-order valence-electron chi connectivity index (χ4n) is 1.76. The molecule has 0 unspecified atom stereocenters. The monoisotopic (exact) mass is 374 g/mol. The Morgan fingerprint density at radius 2 is 2.15 bits per heavy atom. The Morgan fingerprint density at radius 1 is 1.40 bits per heavy atom. The highest BCUT2D eigenvalue weighted by Gasteiger charge is 2.19. The van der Waals surface area contributed by atoms with Crippen LogP contribution in [0.1, 0.15) is 16.0 Å². The Morgan fingerprint density at radius 3 is 2.75 bits per heavy atom. The molecule has 1 aromatic carbocycles. The molecule has 0 fully saturated rings. The summed E-state index contributed by atoms with van der Waals surface area (Å²) in [6, 6.07) is 7.25. The lowest BCUT2D eigenvalue weighted by molar-refractivity contribution is 0.581. The highest BCUT2D eigenvalue weighted by molar-refractivity contribution is 9.10. The number of benzene rings is 1. The van der Waals surface area contributed by atoms with Crippen LogP contribution in [-0.2, 0) is 23.1 Å². The topological polar surface area (TPSA) is 72.2 Å². The second-order valence-corrected chi connectivity index (χ2v) is 7.93. The summed E-state index contributed by atoms with van der Waals surface area (Å²) in [7, 11) is -3.55. The van der Waals surface area contributed by atoms with Gasteiger partial charge in [-0.1, -0.05) is 22.0 Å². The van der Waals surface area contributed by atoms with Crippen molar-refractivity contribution in [2.75, 3.05) is 0 Å². The van der Waals surface area contributed by atoms with E-state index >= 15 is 0 Å². The first-order chi connectivity index (χ1) is 9.44. The SMILES string of the molecule is Cc1c(Br)cc(CN)cc1S(=O)(=O)NCc1cccs1. The molecule has 0 bridgehead atoms. The van der Waals surface area contributed by atoms with Crippen LogP contribution in [0.4, 0.5) is 0 Å². The number of nitrogens with two attached hydrogens (primary N) is 1. The van der Waals surface area contributed by atoms with Gasteiger partial charge in [0.25, 0.3) is 0 Å². The van der Waals surface area contributed by atoms with E-state index < -0.39 is 10.0 Å². The molecule has 7 heteroatoms. The minimum atomic E-state index is -3.55. The van der Waals surface area contributed by atoms with E-state index in [9.17, 15) is 8.42 Å². The summed E-state index contributed by atoms with van der Waals surface area (Å²) in [4.78, 5) is 1.24. The summed E-state index contributed by atoms with van der Waals surface area (Å²) >= 11 is 4.89. The normalized spacial score (nSPS) is 11.8. The third-order valence-electron chi connectivity index (χ3n) is 2.90. The van der Waals surface area contributed by atoms with E-state index in [4.69, 9.17) is 5.73 Å². The van der Waals surface area contributed by atoms with Crippen LogP contribution in [0.2, 0.25) is 0 Å². The minimum absolute atomic E-state index is 0.267. The summed E-state index contributed by atoms with van der Waals surface area (Å²) in [6.45, 7) is 2.36. The second kappa shape index (κ2) is 6.36. The van der Waals surface area contributed by atoms with E-state index in [0.29, 0.717) is 18.7 Å². The van der Waals surface area contributed by atoms with Gasteiger partial charge in [-0.25, -0.2) is 13.1 Å². The fraction of sp³-hybridized carbons (Fsp3) is 0.231. The van der Waals surface area contributed by atoms with Crippen molar-refractivity contribution in [1.82, 2.24) is 4.72 Å². The highest BCUT2D eigenvalue weighted by Crippen LogP contribution is 2.26. The van der Waals surface area contributed by atoms with E-state index in [-0.39, 0.29) is 4.90 Å². The van der Waals surface area contributed by atoms with Crippen LogP contribution in [-0.4, -0.2) is 8.42 Å². The van der Waals surface area contributed by atoms with Crippen molar-refractivity contribution in [2.45, 2.75) is 24.9 Å². The van der Waals surface area contributed by atoms with Gasteiger partial charge in [0.15, 0.2) is 0 Å². The number of hydrogen-bond donors (Lipinski definition) is 2. The van der Waals surface area contributed by atoms with Gasteiger partial charge < -0.3 is 5.73 Å². The Balaban J connectivity index is 2.31. The molecule has 0 atom stereocenters. The van der Waals surface area contributed by atoms with Crippen molar-refractivity contribution in [3.05, 3.63) is 50.1 Å². The van der Waals surface area contributed by atoms with Gasteiger partial charge in [0.1, 0.15) is 0 Å². The van der Waals surface area contributed by atoms with E-state index in [2.05, 4.69) is 20.7 Å². The van der Waals surface area contributed by atoms with Crippen LogP contribution in [0.25, 0.3) is 0 Å². The van der Waals surface area contributed by atoms with Crippen molar-refractivity contribution in [2.24, 2.45) is 5.73 Å². The zero-order valence-corrected chi connectivity index (χ0v) is 14.1. The largest absolute Gasteiger partial charge is 0.326 e. The molecule has 0 aliphatic carbocycles. The second-order valence-electron chi connectivity index (χ2n) is 4.31. The molecule has 2 aromatic rings. The lowest BCUT2D eigenvalue weighted by atomic mass is 10.1. The predicted octanol–water partition coefficient (Wildman–Crippen LogP) is 2.76. The first-order valence-corrected chi connectivity index (χ1v) is 9.11. The number of thiophene rings is 1. The highest BCUT2D eigenvalue weighted by atomic mass is 79.9. The van der Waals surface area contributed by atoms with Crippen molar-refractivity contribution < 1.29 is 8.42 Å². The van der Waals surface area contributed by atoms with Crippen molar-refractivity contribution in [3.63, 3.8) is 0 Å². The number of hydrogen-bond acceptors (Lipinski definition) is 4. The van der Waals surface area contributed by atoms with E-state index in [0.717, 1.165) is 14.9 Å². The van der Waals surface area contributed by atoms with Gasteiger partial charge in [-0.3, -0.25) is 0 Å². The number of rotatable bonds is 5. The molecule has 0 aliphatic heterocycles. The lowest BCUT2D eigenvalue weighted by Gasteiger charge is -2.12. The molecular formula is C13H15BrN2O2S2. The Hall–Kier alpha value is -0.730. The van der Waals surface area contributed by atoms with Crippen molar-refractivity contribution in [1.29, 1.82) is 0 Å². The fourth-order valence-corrected chi connectivity index (χ4v) is 4.46. The lowest BCUT2D eigenvalue weighted by Crippen LogP contribution is -2.24. The maximum absolute atomic E-state index is 12.4. The summed E-state index contributed by atoms with van der Waals surface area (Å²) in [5.41, 5.74) is 7.06. The summed E-state index contributed by atoms with van der Waals surface area (Å²) < 4.78 is 28.2. The maximum atomic E-state index is 12.4. The van der Waals surface area contributed by atoms with Gasteiger partial charge >= 0.3 is 0 Å². The van der Waals surface area contributed by atoms with Crippen LogP contribution in [0, 0.1) is 6.92 Å². The average Bonchev–Trinajstić information content (AvgIpc) is 2.92. The zero-order chi connectivity index (χ0) is 14.8. The third kappa shape index (κ3) is 3.48. The van der Waals surface area contributed by atoms with Crippen LogP contribution >= 0.6 is 27.3 Å². The van der Waals surface area contributed by atoms with Gasteiger partial charge in [0.05, 0.1) is 4.90 Å². The van der Waals surface area contributed by atoms with Gasteiger partial charge in [-0.15, -0.1) is 11.3 Å². The number of sulfonamides is 1. The third-order valence-corrected chi connectivity index (χ3v) is 6.13. The van der Waals surface area contributed by atoms with E-state index in [1.165, 1.54) is 11.3 Å². The zero-order valence-electron chi connectivity index (χ0n) is 10.9. The molecule has 0 saturated carbocycles. The van der Waals surface area contributed by atoms with Gasteiger partial charge in [0.2, 0.25) is 10.0 Å². The molecule has 0 saturated heterocycles. The molecule has 1 heterocycles. The molecule has 0 aliphatic rings. The molecule has 2 rings (SSSR count). The molecule has 108 valence electrons. The van der Waals surface area contributed by atoms with E-state index in [1.807, 2.05) is 23.6 Å². The predicted molar refractivity (Wildman–Crippen MR) is 85.1 cm³/mol.